The van der Waals surface area contributed by atoms with E-state index in [0.717, 1.165) is 22.2 Å². The van der Waals surface area contributed by atoms with Crippen LogP contribution in [0.15, 0.2) is 59.8 Å². The minimum absolute atomic E-state index is 0.0101. The minimum Gasteiger partial charge on any atom is -0.347 e. The SMILES string of the molecule is O=C(CN1C[C@H](c2ccccc2)CC1=O)NCc1nnc(SCC2CCCCC2)n1-c1ccc(F)cc1. The number of halogens is 1. The van der Waals surface area contributed by atoms with Crippen LogP contribution in [0.5, 0.6) is 0 Å². The molecule has 7 nitrogen and oxygen atoms in total. The highest BCUT2D eigenvalue weighted by molar-refractivity contribution is 7.99. The maximum atomic E-state index is 13.6. The van der Waals surface area contributed by atoms with Gasteiger partial charge in [0, 0.05) is 30.3 Å². The third kappa shape index (κ3) is 6.39. The van der Waals surface area contributed by atoms with Gasteiger partial charge in [0.1, 0.15) is 5.82 Å². The Bertz CT molecular complexity index is 1210. The number of likely N-dealkylation sites (tertiary alicyclic amines) is 1. The molecule has 194 valence electrons. The number of nitrogens with one attached hydrogen (secondary N) is 1. The third-order valence-corrected chi connectivity index (χ3v) is 8.38. The Morgan fingerprint density at radius 3 is 2.54 bits per heavy atom. The maximum Gasteiger partial charge on any atom is 0.240 e. The summed E-state index contributed by atoms with van der Waals surface area (Å²) >= 11 is 1.66. The van der Waals surface area contributed by atoms with E-state index in [0.29, 0.717) is 24.7 Å². The molecule has 2 aliphatic rings. The van der Waals surface area contributed by atoms with Gasteiger partial charge in [-0.25, -0.2) is 4.39 Å². The first kappa shape index (κ1) is 25.4. The topological polar surface area (TPSA) is 80.1 Å². The second kappa shape index (κ2) is 11.9. The summed E-state index contributed by atoms with van der Waals surface area (Å²) in [5, 5.41) is 12.4. The fraction of sp³-hybridized carbons (Fsp3) is 0.429. The van der Waals surface area contributed by atoms with Crippen LogP contribution < -0.4 is 5.32 Å². The van der Waals surface area contributed by atoms with Gasteiger partial charge in [0.15, 0.2) is 11.0 Å². The molecule has 0 bridgehead atoms. The van der Waals surface area contributed by atoms with Crippen LogP contribution >= 0.6 is 11.8 Å². The highest BCUT2D eigenvalue weighted by Crippen LogP contribution is 2.31. The zero-order chi connectivity index (χ0) is 25.6. The Morgan fingerprint density at radius 1 is 1.03 bits per heavy atom. The molecule has 5 rings (SSSR count). The summed E-state index contributed by atoms with van der Waals surface area (Å²) in [7, 11) is 0. The lowest BCUT2D eigenvalue weighted by Gasteiger charge is -2.21. The largest absolute Gasteiger partial charge is 0.347 e. The molecule has 0 unspecified atom stereocenters. The number of hydrogen-bond donors (Lipinski definition) is 1. The van der Waals surface area contributed by atoms with Crippen molar-refractivity contribution in [3.63, 3.8) is 0 Å². The quantitative estimate of drug-likeness (QED) is 0.413. The van der Waals surface area contributed by atoms with Crippen molar-refractivity contribution in [2.24, 2.45) is 5.92 Å². The Hall–Kier alpha value is -3.20. The standard InChI is InChI=1S/C28H32FN5O2S/c29-23-11-13-24(14-12-23)34-25(31-32-28(34)37-19-20-7-3-1-4-8-20)16-30-26(35)18-33-17-22(15-27(33)36)21-9-5-2-6-10-21/h2,5-6,9-14,20,22H,1,3-4,7-8,15-19H2,(H,30,35)/t22-/m1/s1. The Labute approximate surface area is 220 Å². The maximum absolute atomic E-state index is 13.6. The molecule has 1 N–H and O–H groups in total. The van der Waals surface area contributed by atoms with Gasteiger partial charge in [-0.3, -0.25) is 14.2 Å². The highest BCUT2D eigenvalue weighted by Gasteiger charge is 2.31. The fourth-order valence-corrected chi connectivity index (χ4v) is 6.34. The molecule has 1 aliphatic carbocycles. The van der Waals surface area contributed by atoms with Crippen LogP contribution in [0.4, 0.5) is 4.39 Å². The Balaban J connectivity index is 1.23. The van der Waals surface area contributed by atoms with Crippen LogP contribution in [-0.4, -0.2) is 50.3 Å². The van der Waals surface area contributed by atoms with E-state index in [1.807, 2.05) is 34.9 Å². The molecular formula is C28H32FN5O2S. The molecule has 1 aliphatic heterocycles. The lowest BCUT2D eigenvalue weighted by atomic mass is 9.91. The summed E-state index contributed by atoms with van der Waals surface area (Å²) in [6, 6.07) is 16.1. The zero-order valence-electron chi connectivity index (χ0n) is 20.8. The molecule has 2 heterocycles. The molecular weight excluding hydrogens is 489 g/mol. The van der Waals surface area contributed by atoms with E-state index in [-0.39, 0.29) is 36.6 Å². The van der Waals surface area contributed by atoms with Crippen LogP contribution in [0, 0.1) is 11.7 Å². The van der Waals surface area contributed by atoms with Gasteiger partial charge in [0.25, 0.3) is 0 Å². The summed E-state index contributed by atoms with van der Waals surface area (Å²) in [5.74, 6) is 1.73. The van der Waals surface area contributed by atoms with Crippen molar-refractivity contribution < 1.29 is 14.0 Å². The molecule has 0 spiro atoms. The van der Waals surface area contributed by atoms with Crippen molar-refractivity contribution in [2.45, 2.75) is 56.1 Å². The van der Waals surface area contributed by atoms with E-state index in [9.17, 15) is 14.0 Å². The van der Waals surface area contributed by atoms with Gasteiger partial charge >= 0.3 is 0 Å². The van der Waals surface area contributed by atoms with Crippen LogP contribution in [0.1, 0.15) is 55.8 Å². The lowest BCUT2D eigenvalue weighted by Crippen LogP contribution is -2.38. The van der Waals surface area contributed by atoms with Gasteiger partial charge in [0.2, 0.25) is 11.8 Å². The van der Waals surface area contributed by atoms with Gasteiger partial charge < -0.3 is 10.2 Å². The zero-order valence-corrected chi connectivity index (χ0v) is 21.6. The number of thioether (sulfide) groups is 1. The van der Waals surface area contributed by atoms with Gasteiger partial charge in [-0.1, -0.05) is 61.4 Å². The second-order valence-corrected chi connectivity index (χ2v) is 10.9. The Kier molecular flexibility index (Phi) is 8.18. The summed E-state index contributed by atoms with van der Waals surface area (Å²) < 4.78 is 15.5. The van der Waals surface area contributed by atoms with Crippen LogP contribution in [0.25, 0.3) is 5.69 Å². The number of carbonyl (C=O) groups is 2. The highest BCUT2D eigenvalue weighted by atomic mass is 32.2. The van der Waals surface area contributed by atoms with Gasteiger partial charge in [-0.15, -0.1) is 10.2 Å². The van der Waals surface area contributed by atoms with Crippen LogP contribution in [0.3, 0.4) is 0 Å². The predicted molar refractivity (Wildman–Crippen MR) is 141 cm³/mol. The molecule has 2 amide bonds. The molecule has 1 aromatic heterocycles. The summed E-state index contributed by atoms with van der Waals surface area (Å²) in [5.41, 5.74) is 1.87. The van der Waals surface area contributed by atoms with E-state index >= 15 is 0 Å². The van der Waals surface area contributed by atoms with Crippen LogP contribution in [-0.2, 0) is 16.1 Å². The van der Waals surface area contributed by atoms with Gasteiger partial charge in [0.05, 0.1) is 13.1 Å². The summed E-state index contributed by atoms with van der Waals surface area (Å²) in [4.78, 5) is 26.9. The second-order valence-electron chi connectivity index (χ2n) is 9.89. The van der Waals surface area contributed by atoms with E-state index in [1.54, 1.807) is 28.8 Å². The first-order valence-electron chi connectivity index (χ1n) is 13.0. The number of amides is 2. The number of nitrogens with zero attached hydrogens (tertiary/aromatic N) is 4. The van der Waals surface area contributed by atoms with Gasteiger partial charge in [-0.05, 0) is 48.6 Å². The minimum atomic E-state index is -0.313. The molecule has 3 aromatic rings. The van der Waals surface area contributed by atoms with E-state index < -0.39 is 0 Å². The van der Waals surface area contributed by atoms with Crippen molar-refractivity contribution in [3.8, 4) is 5.69 Å². The molecule has 1 saturated carbocycles. The summed E-state index contributed by atoms with van der Waals surface area (Å²) in [6.45, 7) is 0.706. The van der Waals surface area contributed by atoms with E-state index in [1.165, 1.54) is 44.2 Å². The number of benzene rings is 2. The van der Waals surface area contributed by atoms with Crippen molar-refractivity contribution in [2.75, 3.05) is 18.8 Å². The molecule has 2 fully saturated rings. The molecule has 2 aromatic carbocycles. The van der Waals surface area contributed by atoms with Crippen molar-refractivity contribution in [1.82, 2.24) is 25.0 Å². The molecule has 1 atom stereocenters. The predicted octanol–water partition coefficient (Wildman–Crippen LogP) is 4.71. The molecule has 9 heteroatoms. The number of aromatic nitrogens is 3. The van der Waals surface area contributed by atoms with Crippen molar-refractivity contribution >= 4 is 23.6 Å². The molecule has 0 radical (unpaired) electrons. The average molecular weight is 522 g/mol. The van der Waals surface area contributed by atoms with Crippen LogP contribution in [0.2, 0.25) is 0 Å². The third-order valence-electron chi connectivity index (χ3n) is 7.22. The molecule has 1 saturated heterocycles. The fourth-order valence-electron chi connectivity index (χ4n) is 5.18. The van der Waals surface area contributed by atoms with Crippen molar-refractivity contribution in [3.05, 3.63) is 71.8 Å². The lowest BCUT2D eigenvalue weighted by molar-refractivity contribution is -0.133. The van der Waals surface area contributed by atoms with Gasteiger partial charge in [-0.2, -0.15) is 0 Å². The number of hydrogen-bond acceptors (Lipinski definition) is 5. The first-order chi connectivity index (χ1) is 18.1. The normalized spacial score (nSPS) is 18.4. The average Bonchev–Trinajstić information content (AvgIpc) is 3.51. The number of carbonyl (C=O) groups excluding carboxylic acids is 2. The smallest absolute Gasteiger partial charge is 0.240 e. The summed E-state index contributed by atoms with van der Waals surface area (Å²) in [6.07, 6.45) is 6.75. The monoisotopic (exact) mass is 521 g/mol. The number of rotatable bonds is 9. The van der Waals surface area contributed by atoms with E-state index in [2.05, 4.69) is 15.5 Å². The molecule has 37 heavy (non-hydrogen) atoms. The van der Waals surface area contributed by atoms with E-state index in [4.69, 9.17) is 0 Å². The Morgan fingerprint density at radius 2 is 1.78 bits per heavy atom. The first-order valence-corrected chi connectivity index (χ1v) is 14.0. The van der Waals surface area contributed by atoms with Crippen molar-refractivity contribution in [1.29, 1.82) is 0 Å².